The minimum Gasteiger partial charge on any atom is -0.385 e. The molecule has 0 aromatic carbocycles. The number of anilines is 1. The molecule has 1 aliphatic heterocycles. The summed E-state index contributed by atoms with van der Waals surface area (Å²) < 4.78 is 5.05. The normalized spacial score (nSPS) is 16.8. The van der Waals surface area contributed by atoms with Crippen LogP contribution in [0.1, 0.15) is 32.0 Å². The van der Waals surface area contributed by atoms with Crippen molar-refractivity contribution in [3.05, 3.63) is 5.82 Å². The molecule has 0 unspecified atom stereocenters. The van der Waals surface area contributed by atoms with Crippen molar-refractivity contribution in [2.24, 2.45) is 5.92 Å². The number of aryl methyl sites for hydroxylation is 1. The van der Waals surface area contributed by atoms with Gasteiger partial charge >= 0.3 is 0 Å². The van der Waals surface area contributed by atoms with Crippen LogP contribution in [-0.2, 0) is 11.2 Å². The molecule has 20 heavy (non-hydrogen) atoms. The molecule has 1 fully saturated rings. The lowest BCUT2D eigenvalue weighted by atomic mass is 9.97. The SMILES string of the molecule is CCNCC1CCN(c2n[nH]c(CCCOC)n2)CC1. The van der Waals surface area contributed by atoms with E-state index in [1.54, 1.807) is 7.11 Å². The van der Waals surface area contributed by atoms with E-state index in [4.69, 9.17) is 4.74 Å². The number of methoxy groups -OCH3 is 1. The van der Waals surface area contributed by atoms with Gasteiger partial charge in [0, 0.05) is 33.2 Å². The third-order valence-corrected chi connectivity index (χ3v) is 3.86. The van der Waals surface area contributed by atoms with Crippen LogP contribution in [0.5, 0.6) is 0 Å². The fourth-order valence-corrected chi connectivity index (χ4v) is 2.61. The Hall–Kier alpha value is -1.14. The number of nitrogens with one attached hydrogen (secondary N) is 2. The number of hydrogen-bond acceptors (Lipinski definition) is 5. The molecular formula is C14H27N5O. The Morgan fingerprint density at radius 1 is 1.40 bits per heavy atom. The molecule has 2 rings (SSSR count). The fraction of sp³-hybridized carbons (Fsp3) is 0.857. The molecule has 0 radical (unpaired) electrons. The lowest BCUT2D eigenvalue weighted by Crippen LogP contribution is -2.37. The smallest absolute Gasteiger partial charge is 0.244 e. The molecule has 1 aliphatic rings. The van der Waals surface area contributed by atoms with Crippen molar-refractivity contribution >= 4 is 5.95 Å². The van der Waals surface area contributed by atoms with E-state index in [0.717, 1.165) is 63.3 Å². The van der Waals surface area contributed by atoms with Crippen molar-refractivity contribution in [2.45, 2.75) is 32.6 Å². The molecule has 0 amide bonds. The molecule has 1 saturated heterocycles. The minimum absolute atomic E-state index is 0.770. The Morgan fingerprint density at radius 2 is 2.20 bits per heavy atom. The molecular weight excluding hydrogens is 254 g/mol. The van der Waals surface area contributed by atoms with Crippen LogP contribution in [0, 0.1) is 5.92 Å². The summed E-state index contributed by atoms with van der Waals surface area (Å²) in [6.07, 6.45) is 4.33. The highest BCUT2D eigenvalue weighted by Gasteiger charge is 2.21. The van der Waals surface area contributed by atoms with Crippen molar-refractivity contribution in [1.29, 1.82) is 0 Å². The third kappa shape index (κ3) is 4.45. The van der Waals surface area contributed by atoms with Gasteiger partial charge in [0.2, 0.25) is 5.95 Å². The summed E-state index contributed by atoms with van der Waals surface area (Å²) in [5.41, 5.74) is 0. The maximum atomic E-state index is 5.05. The first kappa shape index (κ1) is 15.3. The minimum atomic E-state index is 0.770. The van der Waals surface area contributed by atoms with Gasteiger partial charge in [-0.2, -0.15) is 4.98 Å². The lowest BCUT2D eigenvalue weighted by molar-refractivity contribution is 0.194. The van der Waals surface area contributed by atoms with Gasteiger partial charge in [0.25, 0.3) is 0 Å². The van der Waals surface area contributed by atoms with E-state index in [0.29, 0.717) is 0 Å². The molecule has 0 atom stereocenters. The van der Waals surface area contributed by atoms with Gasteiger partial charge in [-0.3, -0.25) is 5.10 Å². The summed E-state index contributed by atoms with van der Waals surface area (Å²) in [5.74, 6) is 2.62. The van der Waals surface area contributed by atoms with Crippen molar-refractivity contribution in [3.63, 3.8) is 0 Å². The molecule has 2 N–H and O–H groups in total. The van der Waals surface area contributed by atoms with Crippen LogP contribution < -0.4 is 10.2 Å². The van der Waals surface area contributed by atoms with Gasteiger partial charge in [0.1, 0.15) is 5.82 Å². The van der Waals surface area contributed by atoms with Gasteiger partial charge in [0.15, 0.2) is 0 Å². The van der Waals surface area contributed by atoms with Gasteiger partial charge < -0.3 is 15.0 Å². The number of aromatic amines is 1. The van der Waals surface area contributed by atoms with Gasteiger partial charge in [-0.1, -0.05) is 6.92 Å². The molecule has 0 saturated carbocycles. The van der Waals surface area contributed by atoms with E-state index >= 15 is 0 Å². The predicted octanol–water partition coefficient (Wildman–Crippen LogP) is 1.21. The second-order valence-electron chi connectivity index (χ2n) is 5.42. The number of hydrogen-bond donors (Lipinski definition) is 2. The van der Waals surface area contributed by atoms with Crippen molar-refractivity contribution in [2.75, 3.05) is 44.8 Å². The fourth-order valence-electron chi connectivity index (χ4n) is 2.61. The molecule has 114 valence electrons. The monoisotopic (exact) mass is 281 g/mol. The third-order valence-electron chi connectivity index (χ3n) is 3.86. The van der Waals surface area contributed by atoms with E-state index in [1.165, 1.54) is 12.8 Å². The zero-order chi connectivity index (χ0) is 14.2. The van der Waals surface area contributed by atoms with Crippen LogP contribution in [0.2, 0.25) is 0 Å². The first-order valence-corrected chi connectivity index (χ1v) is 7.69. The van der Waals surface area contributed by atoms with Crippen LogP contribution in [0.4, 0.5) is 5.95 Å². The van der Waals surface area contributed by atoms with E-state index in [9.17, 15) is 0 Å². The van der Waals surface area contributed by atoms with E-state index < -0.39 is 0 Å². The molecule has 0 spiro atoms. The summed E-state index contributed by atoms with van der Waals surface area (Å²) in [6.45, 7) is 7.25. The topological polar surface area (TPSA) is 66.1 Å². The van der Waals surface area contributed by atoms with E-state index in [2.05, 4.69) is 32.3 Å². The van der Waals surface area contributed by atoms with Crippen molar-refractivity contribution in [3.8, 4) is 0 Å². The highest BCUT2D eigenvalue weighted by Crippen LogP contribution is 2.20. The van der Waals surface area contributed by atoms with Crippen LogP contribution in [0.25, 0.3) is 0 Å². The van der Waals surface area contributed by atoms with Crippen LogP contribution in [0.15, 0.2) is 0 Å². The lowest BCUT2D eigenvalue weighted by Gasteiger charge is -2.31. The Labute approximate surface area is 121 Å². The van der Waals surface area contributed by atoms with Crippen molar-refractivity contribution in [1.82, 2.24) is 20.5 Å². The van der Waals surface area contributed by atoms with Gasteiger partial charge in [-0.05, 0) is 38.3 Å². The summed E-state index contributed by atoms with van der Waals surface area (Å²) >= 11 is 0. The second-order valence-corrected chi connectivity index (χ2v) is 5.42. The predicted molar refractivity (Wildman–Crippen MR) is 80.1 cm³/mol. The molecule has 0 aliphatic carbocycles. The molecule has 2 heterocycles. The Balaban J connectivity index is 1.75. The average Bonchev–Trinajstić information content (AvgIpc) is 2.95. The summed E-state index contributed by atoms with van der Waals surface area (Å²) in [7, 11) is 1.73. The van der Waals surface area contributed by atoms with Crippen LogP contribution in [-0.4, -0.2) is 55.1 Å². The maximum Gasteiger partial charge on any atom is 0.244 e. The first-order chi connectivity index (χ1) is 9.83. The Morgan fingerprint density at radius 3 is 2.90 bits per heavy atom. The highest BCUT2D eigenvalue weighted by atomic mass is 16.5. The van der Waals surface area contributed by atoms with Crippen LogP contribution >= 0.6 is 0 Å². The summed E-state index contributed by atoms with van der Waals surface area (Å²) in [6, 6.07) is 0. The van der Waals surface area contributed by atoms with Gasteiger partial charge in [0.05, 0.1) is 0 Å². The largest absolute Gasteiger partial charge is 0.385 e. The van der Waals surface area contributed by atoms with E-state index in [1.807, 2.05) is 0 Å². The van der Waals surface area contributed by atoms with Gasteiger partial charge in [-0.15, -0.1) is 5.10 Å². The zero-order valence-corrected chi connectivity index (χ0v) is 12.7. The highest BCUT2D eigenvalue weighted by molar-refractivity contribution is 5.29. The first-order valence-electron chi connectivity index (χ1n) is 7.69. The zero-order valence-electron chi connectivity index (χ0n) is 12.7. The van der Waals surface area contributed by atoms with E-state index in [-0.39, 0.29) is 0 Å². The number of H-pyrrole nitrogens is 1. The Bertz CT molecular complexity index is 373. The Kier molecular flexibility index (Phi) is 6.26. The van der Waals surface area contributed by atoms with Crippen LogP contribution in [0.3, 0.4) is 0 Å². The summed E-state index contributed by atoms with van der Waals surface area (Å²) in [4.78, 5) is 6.87. The standard InChI is InChI=1S/C14H27N5O/c1-3-15-11-12-6-8-19(9-7-12)14-16-13(17-18-14)5-4-10-20-2/h12,15H,3-11H2,1-2H3,(H,16,17,18). The summed E-state index contributed by atoms with van der Waals surface area (Å²) in [5, 5.41) is 10.8. The molecule has 0 bridgehead atoms. The molecule has 6 heteroatoms. The molecule has 1 aromatic heterocycles. The quantitative estimate of drug-likeness (QED) is 0.701. The van der Waals surface area contributed by atoms with Gasteiger partial charge in [-0.25, -0.2) is 0 Å². The molecule has 1 aromatic rings. The number of piperidine rings is 1. The number of aromatic nitrogens is 3. The molecule has 6 nitrogen and oxygen atoms in total. The maximum absolute atomic E-state index is 5.05. The number of rotatable bonds is 8. The average molecular weight is 281 g/mol. The van der Waals surface area contributed by atoms with Crippen molar-refractivity contribution < 1.29 is 4.74 Å². The number of ether oxygens (including phenoxy) is 1. The number of nitrogens with zero attached hydrogens (tertiary/aromatic N) is 3. The second kappa shape index (κ2) is 8.21.